The van der Waals surface area contributed by atoms with E-state index in [1.807, 2.05) is 0 Å². The summed E-state index contributed by atoms with van der Waals surface area (Å²) in [6.45, 7) is 0. The minimum absolute atomic E-state index is 0.0987. The average molecular weight is 428 g/mol. The first-order chi connectivity index (χ1) is 13.4. The molecule has 0 saturated heterocycles. The second kappa shape index (κ2) is 7.59. The van der Waals surface area contributed by atoms with Crippen molar-refractivity contribution in [1.29, 1.82) is 0 Å². The number of hydrogen-bond donors (Lipinski definition) is 2. The van der Waals surface area contributed by atoms with Crippen molar-refractivity contribution < 1.29 is 26.3 Å². The summed E-state index contributed by atoms with van der Waals surface area (Å²) in [5.41, 5.74) is 9.59. The molecule has 0 saturated carbocycles. The molecule has 9 heteroatoms. The number of benzene rings is 3. The molecule has 0 atom stereocenters. The van der Waals surface area contributed by atoms with Crippen molar-refractivity contribution in [3.05, 3.63) is 77.9 Å². The number of nitrogens with two attached hydrogens (primary N) is 2. The fourth-order valence-electron chi connectivity index (χ4n) is 2.84. The smallest absolute Gasteiger partial charge is 0.399 e. The summed E-state index contributed by atoms with van der Waals surface area (Å²) < 4.78 is 80.0. The highest BCUT2D eigenvalue weighted by Crippen LogP contribution is 2.40. The van der Waals surface area contributed by atoms with E-state index in [9.17, 15) is 26.3 Å². The van der Waals surface area contributed by atoms with Crippen LogP contribution >= 0.6 is 7.92 Å². The molecule has 0 aliphatic carbocycles. The van der Waals surface area contributed by atoms with Gasteiger partial charge in [0.15, 0.2) is 0 Å². The monoisotopic (exact) mass is 428 g/mol. The number of nitrogen functional groups attached to an aromatic ring is 2. The molecule has 3 aromatic carbocycles. The molecule has 4 N–H and O–H groups in total. The maximum Gasteiger partial charge on any atom is 0.416 e. The van der Waals surface area contributed by atoms with Crippen LogP contribution in [0, 0.1) is 0 Å². The second-order valence-corrected chi connectivity index (χ2v) is 8.51. The Morgan fingerprint density at radius 2 is 0.966 bits per heavy atom. The van der Waals surface area contributed by atoms with Gasteiger partial charge >= 0.3 is 12.4 Å². The van der Waals surface area contributed by atoms with Crippen LogP contribution < -0.4 is 27.4 Å². The molecule has 152 valence electrons. The lowest BCUT2D eigenvalue weighted by Crippen LogP contribution is -2.24. The molecule has 3 rings (SSSR count). The van der Waals surface area contributed by atoms with E-state index in [2.05, 4.69) is 0 Å². The van der Waals surface area contributed by atoms with Crippen LogP contribution in [0.15, 0.2) is 66.7 Å². The molecule has 2 nitrogen and oxygen atoms in total. The van der Waals surface area contributed by atoms with Crippen molar-refractivity contribution in [2.24, 2.45) is 0 Å². The van der Waals surface area contributed by atoms with E-state index in [1.54, 1.807) is 48.5 Å². The van der Waals surface area contributed by atoms with Gasteiger partial charge in [-0.25, -0.2) is 0 Å². The van der Waals surface area contributed by atoms with Crippen LogP contribution in [0.1, 0.15) is 11.1 Å². The Kier molecular flexibility index (Phi) is 5.50. The lowest BCUT2D eigenvalue weighted by atomic mass is 10.1. The largest absolute Gasteiger partial charge is 0.416 e. The minimum Gasteiger partial charge on any atom is -0.399 e. The zero-order valence-electron chi connectivity index (χ0n) is 14.7. The molecular formula is C20H15F6N2P. The van der Waals surface area contributed by atoms with Crippen LogP contribution in [-0.4, -0.2) is 0 Å². The highest BCUT2D eigenvalue weighted by atomic mass is 31.1. The number of rotatable bonds is 3. The third-order valence-corrected chi connectivity index (χ3v) is 6.45. The summed E-state index contributed by atoms with van der Waals surface area (Å²) in [5.74, 6) is 0. The molecule has 3 aromatic rings. The Balaban J connectivity index is 2.30. The summed E-state index contributed by atoms with van der Waals surface area (Å²) in [4.78, 5) is 0. The van der Waals surface area contributed by atoms with Gasteiger partial charge in [-0.1, -0.05) is 24.3 Å². The van der Waals surface area contributed by atoms with Crippen LogP contribution in [0.25, 0.3) is 0 Å². The Morgan fingerprint density at radius 3 is 1.31 bits per heavy atom. The van der Waals surface area contributed by atoms with E-state index in [0.717, 1.165) is 12.1 Å². The van der Waals surface area contributed by atoms with Crippen LogP contribution in [0.3, 0.4) is 0 Å². The van der Waals surface area contributed by atoms with Gasteiger partial charge in [0.1, 0.15) is 0 Å². The molecule has 0 unspecified atom stereocenters. The normalized spacial score (nSPS) is 12.4. The van der Waals surface area contributed by atoms with Gasteiger partial charge in [-0.3, -0.25) is 0 Å². The van der Waals surface area contributed by atoms with Gasteiger partial charge < -0.3 is 11.5 Å². The van der Waals surface area contributed by atoms with Gasteiger partial charge in [0.05, 0.1) is 11.1 Å². The minimum atomic E-state index is -4.93. The molecule has 0 aromatic heterocycles. The lowest BCUT2D eigenvalue weighted by Gasteiger charge is -2.23. The fraction of sp³-hybridized carbons (Fsp3) is 0.100. The highest BCUT2D eigenvalue weighted by Gasteiger charge is 2.37. The quantitative estimate of drug-likeness (QED) is 0.363. The van der Waals surface area contributed by atoms with E-state index in [0.29, 0.717) is 22.0 Å². The van der Waals surface area contributed by atoms with Gasteiger partial charge in [0, 0.05) is 11.4 Å². The van der Waals surface area contributed by atoms with Gasteiger partial charge in [0.2, 0.25) is 0 Å². The zero-order valence-corrected chi connectivity index (χ0v) is 15.6. The number of alkyl halides is 6. The van der Waals surface area contributed by atoms with Gasteiger partial charge in [-0.15, -0.1) is 0 Å². The standard InChI is InChI=1S/C20H15F6N2P/c21-19(22,23)12-7-13(20(24,25)26)9-18(8-12)29(16-5-1-3-14(27)10-16)17-6-2-4-15(28)11-17/h1-11H,27-28H2. The molecule has 0 heterocycles. The van der Waals surface area contributed by atoms with Crippen molar-refractivity contribution in [2.75, 3.05) is 11.5 Å². The van der Waals surface area contributed by atoms with Gasteiger partial charge in [-0.2, -0.15) is 26.3 Å². The SMILES string of the molecule is Nc1cccc(P(c2cccc(N)c2)c2cc(C(F)(F)F)cc(C(F)(F)F)c2)c1. The Labute approximate surface area is 163 Å². The summed E-state index contributed by atoms with van der Waals surface area (Å²) in [6.07, 6.45) is -9.86. The average Bonchev–Trinajstić information content (AvgIpc) is 2.60. The van der Waals surface area contributed by atoms with Crippen LogP contribution in [0.5, 0.6) is 0 Å². The third kappa shape index (κ3) is 4.82. The Hall–Kier alpha value is -2.73. The van der Waals surface area contributed by atoms with E-state index in [4.69, 9.17) is 11.5 Å². The molecular weight excluding hydrogens is 413 g/mol. The Bertz CT molecular complexity index is 952. The molecule has 0 amide bonds. The summed E-state index contributed by atoms with van der Waals surface area (Å²) in [7, 11) is -1.77. The molecule has 0 spiro atoms. The van der Waals surface area contributed by atoms with Crippen molar-refractivity contribution in [2.45, 2.75) is 12.4 Å². The van der Waals surface area contributed by atoms with E-state index in [1.165, 1.54) is 0 Å². The predicted octanol–water partition coefficient (Wildman–Crippen LogP) is 4.65. The Morgan fingerprint density at radius 1 is 0.552 bits per heavy atom. The van der Waals surface area contributed by atoms with Crippen molar-refractivity contribution in [3.8, 4) is 0 Å². The molecule has 0 aliphatic heterocycles. The predicted molar refractivity (Wildman–Crippen MR) is 104 cm³/mol. The summed E-state index contributed by atoms with van der Waals surface area (Å²) >= 11 is 0. The molecule has 29 heavy (non-hydrogen) atoms. The fourth-order valence-corrected chi connectivity index (χ4v) is 5.30. The number of hydrogen-bond acceptors (Lipinski definition) is 2. The third-order valence-electron chi connectivity index (χ3n) is 4.09. The van der Waals surface area contributed by atoms with Crippen molar-refractivity contribution in [3.63, 3.8) is 0 Å². The highest BCUT2D eigenvalue weighted by molar-refractivity contribution is 7.79. The topological polar surface area (TPSA) is 52.0 Å². The number of halogens is 6. The van der Waals surface area contributed by atoms with Crippen LogP contribution in [0.4, 0.5) is 37.7 Å². The molecule has 0 radical (unpaired) electrons. The lowest BCUT2D eigenvalue weighted by molar-refractivity contribution is -0.142. The van der Waals surface area contributed by atoms with Crippen molar-refractivity contribution in [1.82, 2.24) is 0 Å². The first-order valence-corrected chi connectivity index (χ1v) is 9.60. The first kappa shape index (κ1) is 21.0. The van der Waals surface area contributed by atoms with Crippen LogP contribution in [0.2, 0.25) is 0 Å². The van der Waals surface area contributed by atoms with Gasteiger partial charge in [0.25, 0.3) is 0 Å². The first-order valence-electron chi connectivity index (χ1n) is 8.26. The van der Waals surface area contributed by atoms with Crippen LogP contribution in [-0.2, 0) is 12.4 Å². The number of anilines is 2. The van der Waals surface area contributed by atoms with E-state index < -0.39 is 31.4 Å². The second-order valence-electron chi connectivity index (χ2n) is 6.29. The van der Waals surface area contributed by atoms with E-state index >= 15 is 0 Å². The zero-order chi connectivity index (χ0) is 21.4. The molecule has 0 bridgehead atoms. The summed E-state index contributed by atoms with van der Waals surface area (Å²) in [5, 5.41) is 0.925. The van der Waals surface area contributed by atoms with E-state index in [-0.39, 0.29) is 11.4 Å². The maximum atomic E-state index is 13.3. The molecule has 0 fully saturated rings. The van der Waals surface area contributed by atoms with Gasteiger partial charge in [-0.05, 0) is 66.3 Å². The maximum absolute atomic E-state index is 13.3. The molecule has 0 aliphatic rings. The van der Waals surface area contributed by atoms with Crippen molar-refractivity contribution >= 4 is 35.2 Å². The summed E-state index contributed by atoms with van der Waals surface area (Å²) in [6, 6.07) is 14.3.